The number of esters is 1. The minimum Gasteiger partial charge on any atom is -0.459 e. The minimum absolute atomic E-state index is 0.150. The van der Waals surface area contributed by atoms with E-state index in [4.69, 9.17) is 14.2 Å². The molecule has 0 bridgehead atoms. The van der Waals surface area contributed by atoms with Gasteiger partial charge in [-0.15, -0.1) is 0 Å². The number of hydrogen-bond donors (Lipinski definition) is 4. The molecule has 3 aromatic carbocycles. The van der Waals surface area contributed by atoms with Crippen molar-refractivity contribution in [3.05, 3.63) is 91.0 Å². The summed E-state index contributed by atoms with van der Waals surface area (Å²) in [5, 5.41) is 52.0. The molecule has 5 rings (SSSR count). The number of cyclic esters (lactones) is 1. The SMILES string of the molecule is CC[C@H]1OC(=O)[C@H](C)C[C@H](C)[C@@H](O[C@@H]2O[C@H](C)C[C@H](N(C)C)[C@H]2O)[C@](C)(O)C[C@@H](C)CN(C(=O)CCCCCCC[P+](c2ccccc2)(c2ccccc2)c2ccccc2)[C@H](C)[C@@H](O)[C@]1(C)O. The van der Waals surface area contributed by atoms with Crippen molar-refractivity contribution >= 4 is 35.1 Å². The summed E-state index contributed by atoms with van der Waals surface area (Å²) in [6.45, 7) is 14.5. The second-order valence-corrected chi connectivity index (χ2v) is 24.4. The Morgan fingerprint density at radius 2 is 1.33 bits per heavy atom. The average Bonchev–Trinajstić information content (AvgIpc) is 3.30. The molecule has 2 aliphatic heterocycles. The molecule has 11 nitrogen and oxygen atoms in total. The third-order valence-electron chi connectivity index (χ3n) is 14.7. The molecule has 0 radical (unpaired) electrons. The lowest BCUT2D eigenvalue weighted by atomic mass is 9.79. The summed E-state index contributed by atoms with van der Waals surface area (Å²) in [5.41, 5.74) is -3.37. The first-order chi connectivity index (χ1) is 31.7. The van der Waals surface area contributed by atoms with Crippen molar-refractivity contribution in [1.29, 1.82) is 0 Å². The van der Waals surface area contributed by atoms with Crippen molar-refractivity contribution in [2.75, 3.05) is 26.8 Å². The predicted molar refractivity (Wildman–Crippen MR) is 270 cm³/mol. The number of amides is 1. The molecule has 372 valence electrons. The maximum Gasteiger partial charge on any atom is 0.309 e. The highest BCUT2D eigenvalue weighted by Gasteiger charge is 2.49. The zero-order chi connectivity index (χ0) is 49.1. The van der Waals surface area contributed by atoms with E-state index in [0.29, 0.717) is 12.8 Å². The van der Waals surface area contributed by atoms with E-state index < -0.39 is 73.0 Å². The van der Waals surface area contributed by atoms with Crippen LogP contribution in [-0.4, -0.2) is 129 Å². The van der Waals surface area contributed by atoms with Gasteiger partial charge in [-0.2, -0.15) is 0 Å². The molecule has 0 aromatic heterocycles. The number of unbranched alkanes of at least 4 members (excludes halogenated alkanes) is 4. The molecule has 2 fully saturated rings. The van der Waals surface area contributed by atoms with Crippen LogP contribution in [-0.2, 0) is 23.8 Å². The average molecular weight is 948 g/mol. The van der Waals surface area contributed by atoms with Gasteiger partial charge in [-0.25, -0.2) is 0 Å². The molecule has 0 saturated carbocycles. The van der Waals surface area contributed by atoms with E-state index in [1.807, 2.05) is 39.8 Å². The summed E-state index contributed by atoms with van der Waals surface area (Å²) in [7, 11) is 1.88. The fraction of sp³-hybridized carbons (Fsp3) is 0.636. The van der Waals surface area contributed by atoms with Gasteiger partial charge in [-0.1, -0.05) is 95.1 Å². The lowest BCUT2D eigenvalue weighted by Crippen LogP contribution is -2.60. The second-order valence-electron chi connectivity index (χ2n) is 20.8. The van der Waals surface area contributed by atoms with Crippen LogP contribution in [0.3, 0.4) is 0 Å². The summed E-state index contributed by atoms with van der Waals surface area (Å²) >= 11 is 0. The smallest absolute Gasteiger partial charge is 0.309 e. The van der Waals surface area contributed by atoms with Gasteiger partial charge in [0.05, 0.1) is 35.9 Å². The van der Waals surface area contributed by atoms with Gasteiger partial charge >= 0.3 is 5.97 Å². The minimum atomic E-state index is -1.93. The number of carbonyl (C=O) groups excluding carboxylic acids is 2. The fourth-order valence-electron chi connectivity index (χ4n) is 11.1. The standard InChI is InChI=1S/C55H84N2O9P/c1-11-47-55(8,63)50(60)42(6)57(37-38(2)36-54(7,62)51(39(3)34-40(4)52(61)65-47)66-53-49(59)46(56(9)10)35-41(5)64-53)48(58)32-24-13-12-14-25-33-67(43-26-18-15-19-27-43,44-28-20-16-21-29-44)45-30-22-17-23-31-45/h15-23,26-31,38-42,46-47,49-51,53,59-60,62-63H,11-14,24-25,32-37H2,1-10H3/q+1/t38-,39+,40-,41-,42-,46+,47-,49-,50-,51-,53+,54-,55-/m1/s1. The first kappa shape index (κ1) is 54.7. The van der Waals surface area contributed by atoms with Crippen LogP contribution in [0.15, 0.2) is 91.0 Å². The lowest BCUT2D eigenvalue weighted by molar-refractivity contribution is -0.295. The number of aliphatic hydroxyl groups excluding tert-OH is 2. The molecule has 3 aromatic rings. The third-order valence-corrected chi connectivity index (χ3v) is 19.2. The maximum absolute atomic E-state index is 14.5. The van der Waals surface area contributed by atoms with E-state index in [1.54, 1.807) is 32.6 Å². The second kappa shape index (κ2) is 24.5. The van der Waals surface area contributed by atoms with Crippen molar-refractivity contribution < 1.29 is 44.2 Å². The van der Waals surface area contributed by atoms with Gasteiger partial charge in [0.1, 0.15) is 47.1 Å². The van der Waals surface area contributed by atoms with E-state index in [9.17, 15) is 30.0 Å². The van der Waals surface area contributed by atoms with E-state index in [1.165, 1.54) is 22.8 Å². The normalized spacial score (nSPS) is 32.9. The molecular weight excluding hydrogens is 864 g/mol. The van der Waals surface area contributed by atoms with Crippen LogP contribution < -0.4 is 15.9 Å². The van der Waals surface area contributed by atoms with Crippen molar-refractivity contribution in [1.82, 2.24) is 9.80 Å². The zero-order valence-electron chi connectivity index (χ0n) is 42.2. The Hall–Kier alpha value is -3.25. The Kier molecular flexibility index (Phi) is 20.0. The van der Waals surface area contributed by atoms with Crippen LogP contribution in [0.4, 0.5) is 0 Å². The van der Waals surface area contributed by atoms with Crippen LogP contribution in [0, 0.1) is 17.8 Å². The summed E-state index contributed by atoms with van der Waals surface area (Å²) < 4.78 is 18.8. The summed E-state index contributed by atoms with van der Waals surface area (Å²) in [6.07, 6.45) is 1.58. The number of nitrogens with zero attached hydrogens (tertiary/aromatic N) is 2. The summed E-state index contributed by atoms with van der Waals surface area (Å²) in [5.74, 6) is -2.04. The number of rotatable bonds is 15. The molecule has 0 unspecified atom stereocenters. The molecule has 13 atom stereocenters. The van der Waals surface area contributed by atoms with E-state index in [-0.39, 0.29) is 56.2 Å². The summed E-state index contributed by atoms with van der Waals surface area (Å²) in [4.78, 5) is 31.8. The fourth-order valence-corrected chi connectivity index (χ4v) is 15.5. The highest BCUT2D eigenvalue weighted by atomic mass is 31.2. The number of carbonyl (C=O) groups is 2. The predicted octanol–water partition coefficient (Wildman–Crippen LogP) is 7.24. The Balaban J connectivity index is 1.32. The monoisotopic (exact) mass is 948 g/mol. The highest BCUT2D eigenvalue weighted by molar-refractivity contribution is 7.95. The Labute approximate surface area is 402 Å². The Morgan fingerprint density at radius 1 is 0.806 bits per heavy atom. The van der Waals surface area contributed by atoms with Gasteiger partial charge in [-0.05, 0) is 135 Å². The van der Waals surface area contributed by atoms with E-state index in [0.717, 1.165) is 31.8 Å². The molecule has 0 spiro atoms. The van der Waals surface area contributed by atoms with Gasteiger partial charge in [0, 0.05) is 19.0 Å². The Morgan fingerprint density at radius 3 is 1.85 bits per heavy atom. The van der Waals surface area contributed by atoms with Crippen molar-refractivity contribution in [2.24, 2.45) is 17.8 Å². The molecule has 2 saturated heterocycles. The Bertz CT molecular complexity index is 1860. The lowest BCUT2D eigenvalue weighted by Gasteiger charge is -2.46. The summed E-state index contributed by atoms with van der Waals surface area (Å²) in [6, 6.07) is 31.7. The third kappa shape index (κ3) is 13.5. The molecule has 0 aliphatic carbocycles. The molecule has 2 heterocycles. The number of hydrogen-bond acceptors (Lipinski definition) is 10. The first-order valence-corrected chi connectivity index (χ1v) is 27.0. The van der Waals surface area contributed by atoms with Gasteiger partial charge < -0.3 is 44.4 Å². The molecular formula is C55H84N2O9P+. The van der Waals surface area contributed by atoms with Crippen LogP contribution in [0.5, 0.6) is 0 Å². The van der Waals surface area contributed by atoms with Gasteiger partial charge in [0.2, 0.25) is 5.91 Å². The van der Waals surface area contributed by atoms with Crippen LogP contribution in [0.25, 0.3) is 0 Å². The van der Waals surface area contributed by atoms with Crippen molar-refractivity contribution in [3.8, 4) is 0 Å². The largest absolute Gasteiger partial charge is 0.459 e. The first-order valence-electron chi connectivity index (χ1n) is 25.1. The van der Waals surface area contributed by atoms with Crippen LogP contribution >= 0.6 is 7.26 Å². The zero-order valence-corrected chi connectivity index (χ0v) is 43.1. The topological polar surface area (TPSA) is 149 Å². The van der Waals surface area contributed by atoms with Crippen LogP contribution in [0.1, 0.15) is 120 Å². The quantitative estimate of drug-likeness (QED) is 0.0699. The number of aliphatic hydroxyl groups is 4. The van der Waals surface area contributed by atoms with E-state index in [2.05, 4.69) is 91.0 Å². The van der Waals surface area contributed by atoms with E-state index >= 15 is 0 Å². The molecule has 67 heavy (non-hydrogen) atoms. The van der Waals surface area contributed by atoms with Crippen molar-refractivity contribution in [2.45, 2.75) is 180 Å². The molecule has 1 amide bonds. The van der Waals surface area contributed by atoms with Crippen molar-refractivity contribution in [3.63, 3.8) is 0 Å². The number of ether oxygens (including phenoxy) is 3. The number of likely N-dealkylation sites (N-methyl/N-ethyl adjacent to an activating group) is 1. The molecule has 4 N–H and O–H groups in total. The highest BCUT2D eigenvalue weighted by Crippen LogP contribution is 2.56. The van der Waals surface area contributed by atoms with Gasteiger partial charge in [0.15, 0.2) is 6.29 Å². The molecule has 2 aliphatic rings. The van der Waals surface area contributed by atoms with Crippen LogP contribution in [0.2, 0.25) is 0 Å². The number of benzene rings is 3. The van der Waals surface area contributed by atoms with Gasteiger partial charge in [0.25, 0.3) is 0 Å². The van der Waals surface area contributed by atoms with Gasteiger partial charge in [-0.3, -0.25) is 9.59 Å². The maximum atomic E-state index is 14.5. The molecule has 12 heteroatoms.